The van der Waals surface area contributed by atoms with Crippen LogP contribution in [0.1, 0.15) is 22.8 Å². The van der Waals surface area contributed by atoms with Gasteiger partial charge in [-0.05, 0) is 30.7 Å². The van der Waals surface area contributed by atoms with Gasteiger partial charge in [0.1, 0.15) is 0 Å². The molecule has 1 aromatic carbocycles. The van der Waals surface area contributed by atoms with Gasteiger partial charge in [0, 0.05) is 10.5 Å². The second-order valence-corrected chi connectivity index (χ2v) is 4.17. The number of carbonyl (C=O) groups excluding carboxylic acids is 2. The van der Waals surface area contributed by atoms with Crippen LogP contribution < -0.4 is 0 Å². The lowest BCUT2D eigenvalue weighted by molar-refractivity contribution is -0.137. The fourth-order valence-corrected chi connectivity index (χ4v) is 1.77. The first-order chi connectivity index (χ1) is 8.58. The molecular formula is C13H13BrO4. The third-order valence-electron chi connectivity index (χ3n) is 2.11. The highest BCUT2D eigenvalue weighted by molar-refractivity contribution is 9.10. The predicted octanol–water partition coefficient (Wildman–Crippen LogP) is 2.81. The van der Waals surface area contributed by atoms with Gasteiger partial charge in [-0.25, -0.2) is 9.59 Å². The van der Waals surface area contributed by atoms with Crippen molar-refractivity contribution in [3.8, 4) is 0 Å². The summed E-state index contributed by atoms with van der Waals surface area (Å²) < 4.78 is 10.1. The zero-order valence-electron chi connectivity index (χ0n) is 10.1. The van der Waals surface area contributed by atoms with Crippen LogP contribution in [0.2, 0.25) is 0 Å². The zero-order chi connectivity index (χ0) is 13.5. The molecule has 0 bridgehead atoms. The summed E-state index contributed by atoms with van der Waals surface area (Å²) in [7, 11) is 1.32. The Morgan fingerprint density at radius 3 is 2.67 bits per heavy atom. The summed E-state index contributed by atoms with van der Waals surface area (Å²) in [5, 5.41) is 0. The molecule has 0 aliphatic rings. The average molecular weight is 313 g/mol. The maximum atomic E-state index is 11.3. The van der Waals surface area contributed by atoms with E-state index in [4.69, 9.17) is 4.74 Å². The molecule has 0 unspecified atom stereocenters. The third-order valence-corrected chi connectivity index (χ3v) is 2.79. The van der Waals surface area contributed by atoms with Crippen LogP contribution in [-0.2, 0) is 14.3 Å². The molecule has 0 aliphatic carbocycles. The molecule has 0 atom stereocenters. The van der Waals surface area contributed by atoms with E-state index in [2.05, 4.69) is 20.7 Å². The molecule has 1 aromatic rings. The van der Waals surface area contributed by atoms with Gasteiger partial charge >= 0.3 is 11.9 Å². The van der Waals surface area contributed by atoms with Gasteiger partial charge in [0.25, 0.3) is 0 Å². The summed E-state index contributed by atoms with van der Waals surface area (Å²) in [6.07, 6.45) is 2.95. The molecule has 96 valence electrons. The Kier molecular flexibility index (Phi) is 5.58. The van der Waals surface area contributed by atoms with Gasteiger partial charge in [0.05, 0.1) is 19.3 Å². The van der Waals surface area contributed by atoms with Crippen molar-refractivity contribution in [2.45, 2.75) is 6.92 Å². The Morgan fingerprint density at radius 1 is 1.39 bits per heavy atom. The van der Waals surface area contributed by atoms with Crippen LogP contribution in [0, 0.1) is 0 Å². The summed E-state index contributed by atoms with van der Waals surface area (Å²) in [5.74, 6) is -0.807. The van der Waals surface area contributed by atoms with Crippen molar-refractivity contribution < 1.29 is 19.1 Å². The number of esters is 2. The second kappa shape index (κ2) is 6.96. The van der Waals surface area contributed by atoms with Gasteiger partial charge in [-0.3, -0.25) is 0 Å². The molecule has 0 aromatic heterocycles. The maximum absolute atomic E-state index is 11.3. The lowest BCUT2D eigenvalue weighted by Gasteiger charge is -2.02. The minimum Gasteiger partial charge on any atom is -0.465 e. The Morgan fingerprint density at radius 2 is 2.11 bits per heavy atom. The summed E-state index contributed by atoms with van der Waals surface area (Å²) in [6, 6.07) is 4.98. The molecule has 0 fully saturated rings. The molecule has 0 radical (unpaired) electrons. The lowest BCUT2D eigenvalue weighted by Crippen LogP contribution is -2.01. The molecule has 1 rings (SSSR count). The van der Waals surface area contributed by atoms with E-state index in [-0.39, 0.29) is 0 Å². The highest BCUT2D eigenvalue weighted by Gasteiger charge is 2.07. The number of rotatable bonds is 4. The average Bonchev–Trinajstić information content (AvgIpc) is 2.36. The van der Waals surface area contributed by atoms with E-state index in [9.17, 15) is 9.59 Å². The summed E-state index contributed by atoms with van der Waals surface area (Å²) >= 11 is 3.32. The quantitative estimate of drug-likeness (QED) is 0.633. The Balaban J connectivity index is 2.86. The normalized spacial score (nSPS) is 10.4. The molecule has 0 N–H and O–H groups in total. The van der Waals surface area contributed by atoms with Crippen molar-refractivity contribution in [3.63, 3.8) is 0 Å². The predicted molar refractivity (Wildman–Crippen MR) is 71.1 cm³/mol. The number of methoxy groups -OCH3 is 1. The van der Waals surface area contributed by atoms with Crippen molar-refractivity contribution in [1.29, 1.82) is 0 Å². The molecule has 0 heterocycles. The Bertz CT molecular complexity index is 480. The standard InChI is InChI=1S/C13H13BrO4/c1-3-18-12(15)7-6-9-4-5-10(8-11(9)14)13(16)17-2/h4-8H,3H2,1-2H3/b7-6+. The first-order valence-corrected chi connectivity index (χ1v) is 6.10. The number of hydrogen-bond donors (Lipinski definition) is 0. The van der Waals surface area contributed by atoms with E-state index < -0.39 is 11.9 Å². The first-order valence-electron chi connectivity index (χ1n) is 5.31. The molecule has 4 nitrogen and oxygen atoms in total. The highest BCUT2D eigenvalue weighted by Crippen LogP contribution is 2.20. The van der Waals surface area contributed by atoms with E-state index in [1.54, 1.807) is 31.2 Å². The van der Waals surface area contributed by atoms with E-state index in [0.717, 1.165) is 5.56 Å². The molecule has 18 heavy (non-hydrogen) atoms. The summed E-state index contributed by atoms with van der Waals surface area (Å²) in [4.78, 5) is 22.4. The van der Waals surface area contributed by atoms with Crippen molar-refractivity contribution in [2.24, 2.45) is 0 Å². The molecular weight excluding hydrogens is 300 g/mol. The van der Waals surface area contributed by atoms with Gasteiger partial charge < -0.3 is 9.47 Å². The van der Waals surface area contributed by atoms with Gasteiger partial charge in [-0.2, -0.15) is 0 Å². The van der Waals surface area contributed by atoms with Crippen LogP contribution in [0.15, 0.2) is 28.7 Å². The van der Waals surface area contributed by atoms with E-state index in [1.165, 1.54) is 13.2 Å². The first kappa shape index (κ1) is 14.4. The van der Waals surface area contributed by atoms with Gasteiger partial charge in [0.2, 0.25) is 0 Å². The van der Waals surface area contributed by atoms with E-state index >= 15 is 0 Å². The topological polar surface area (TPSA) is 52.6 Å². The number of benzene rings is 1. The van der Waals surface area contributed by atoms with Crippen LogP contribution >= 0.6 is 15.9 Å². The van der Waals surface area contributed by atoms with Gasteiger partial charge in [0.15, 0.2) is 0 Å². The molecule has 0 saturated heterocycles. The maximum Gasteiger partial charge on any atom is 0.337 e. The Labute approximate surface area is 114 Å². The van der Waals surface area contributed by atoms with Crippen LogP contribution in [0.3, 0.4) is 0 Å². The second-order valence-electron chi connectivity index (χ2n) is 3.31. The number of hydrogen-bond acceptors (Lipinski definition) is 4. The minimum atomic E-state index is -0.406. The molecule has 0 saturated carbocycles. The fraction of sp³-hybridized carbons (Fsp3) is 0.231. The number of carbonyl (C=O) groups is 2. The molecule has 0 amide bonds. The van der Waals surface area contributed by atoms with Gasteiger partial charge in [-0.1, -0.05) is 22.0 Å². The number of halogens is 1. The van der Waals surface area contributed by atoms with Crippen molar-refractivity contribution >= 4 is 33.9 Å². The largest absolute Gasteiger partial charge is 0.465 e. The summed E-state index contributed by atoms with van der Waals surface area (Å²) in [6.45, 7) is 2.08. The molecule has 0 spiro atoms. The van der Waals surface area contributed by atoms with Gasteiger partial charge in [-0.15, -0.1) is 0 Å². The third kappa shape index (κ3) is 4.00. The van der Waals surface area contributed by atoms with Crippen LogP contribution in [0.5, 0.6) is 0 Å². The van der Waals surface area contributed by atoms with Crippen molar-refractivity contribution in [3.05, 3.63) is 39.9 Å². The zero-order valence-corrected chi connectivity index (χ0v) is 11.7. The van der Waals surface area contributed by atoms with Crippen LogP contribution in [-0.4, -0.2) is 25.7 Å². The Hall–Kier alpha value is -1.62. The van der Waals surface area contributed by atoms with E-state index in [0.29, 0.717) is 16.6 Å². The van der Waals surface area contributed by atoms with Crippen LogP contribution in [0.25, 0.3) is 6.08 Å². The minimum absolute atomic E-state index is 0.339. The van der Waals surface area contributed by atoms with E-state index in [1.807, 2.05) is 0 Å². The van der Waals surface area contributed by atoms with Crippen molar-refractivity contribution in [2.75, 3.05) is 13.7 Å². The van der Waals surface area contributed by atoms with Crippen molar-refractivity contribution in [1.82, 2.24) is 0 Å². The monoisotopic (exact) mass is 312 g/mol. The smallest absolute Gasteiger partial charge is 0.337 e. The summed E-state index contributed by atoms with van der Waals surface area (Å²) in [5.41, 5.74) is 1.22. The lowest BCUT2D eigenvalue weighted by atomic mass is 10.1. The number of ether oxygens (including phenoxy) is 2. The molecule has 0 aliphatic heterocycles. The molecule has 5 heteroatoms. The highest BCUT2D eigenvalue weighted by atomic mass is 79.9. The fourth-order valence-electron chi connectivity index (χ4n) is 1.26. The SMILES string of the molecule is CCOC(=O)/C=C/c1ccc(C(=O)OC)cc1Br. The van der Waals surface area contributed by atoms with Crippen LogP contribution in [0.4, 0.5) is 0 Å².